The zero-order valence-electron chi connectivity index (χ0n) is 10.9. The lowest BCUT2D eigenvalue weighted by atomic mass is 9.93. The summed E-state index contributed by atoms with van der Waals surface area (Å²) in [6, 6.07) is 9.17. The van der Waals surface area contributed by atoms with Gasteiger partial charge in [-0.2, -0.15) is 0 Å². The summed E-state index contributed by atoms with van der Waals surface area (Å²) < 4.78 is 0. The van der Waals surface area contributed by atoms with Crippen molar-refractivity contribution in [1.29, 1.82) is 0 Å². The van der Waals surface area contributed by atoms with Crippen molar-refractivity contribution < 1.29 is 0 Å². The molecule has 4 atom stereocenters. The fraction of sp³-hybridized carbons (Fsp3) is 0.600. The Balaban J connectivity index is 1.67. The third-order valence-corrected chi connectivity index (χ3v) is 4.81. The van der Waals surface area contributed by atoms with Gasteiger partial charge >= 0.3 is 0 Å². The van der Waals surface area contributed by atoms with Gasteiger partial charge in [0.05, 0.1) is 0 Å². The summed E-state index contributed by atoms with van der Waals surface area (Å²) in [4.78, 5) is 2.59. The predicted molar refractivity (Wildman–Crippen MR) is 76.0 cm³/mol. The number of halogens is 1. The summed E-state index contributed by atoms with van der Waals surface area (Å²) in [5, 5.41) is 4.67. The van der Waals surface area contributed by atoms with Gasteiger partial charge in [-0.3, -0.25) is 0 Å². The number of piperidine rings is 1. The number of nitrogens with one attached hydrogen (secondary N) is 1. The Kier molecular flexibility index (Phi) is 3.60. The van der Waals surface area contributed by atoms with E-state index < -0.39 is 0 Å². The first-order chi connectivity index (χ1) is 8.74. The molecule has 2 heterocycles. The van der Waals surface area contributed by atoms with Crippen LogP contribution in [0.1, 0.15) is 31.4 Å². The largest absolute Gasteiger partial charge is 0.307 e. The van der Waals surface area contributed by atoms with Crippen molar-refractivity contribution in [3.8, 4) is 0 Å². The van der Waals surface area contributed by atoms with E-state index in [4.69, 9.17) is 11.6 Å². The van der Waals surface area contributed by atoms with Gasteiger partial charge in [-0.05, 0) is 50.4 Å². The maximum absolute atomic E-state index is 6.27. The number of hydrogen-bond acceptors (Lipinski definition) is 2. The number of rotatable bonds is 3. The van der Waals surface area contributed by atoms with Crippen LogP contribution in [0.5, 0.6) is 0 Å². The summed E-state index contributed by atoms with van der Waals surface area (Å²) in [7, 11) is 0. The number of nitrogens with zero attached hydrogens (tertiary/aromatic N) is 1. The number of hydrogen-bond donors (Lipinski definition) is 1. The molecule has 18 heavy (non-hydrogen) atoms. The summed E-state index contributed by atoms with van der Waals surface area (Å²) in [5.74, 6) is 0.837. The van der Waals surface area contributed by atoms with Crippen LogP contribution in [0.2, 0.25) is 5.02 Å². The molecular formula is C15H21ClN2. The van der Waals surface area contributed by atoms with Crippen molar-refractivity contribution in [2.24, 2.45) is 5.92 Å². The Labute approximate surface area is 114 Å². The first-order valence-electron chi connectivity index (χ1n) is 6.97. The molecule has 2 aliphatic rings. The molecule has 0 aromatic heterocycles. The zero-order chi connectivity index (χ0) is 12.5. The van der Waals surface area contributed by atoms with Crippen molar-refractivity contribution in [3.05, 3.63) is 34.9 Å². The average Bonchev–Trinajstić information content (AvgIpc) is 2.76. The Hall–Kier alpha value is -0.570. The van der Waals surface area contributed by atoms with Crippen LogP contribution in [0.15, 0.2) is 24.3 Å². The second kappa shape index (κ2) is 5.20. The normalized spacial score (nSPS) is 32.4. The highest BCUT2D eigenvalue weighted by Gasteiger charge is 2.34. The minimum Gasteiger partial charge on any atom is -0.307 e. The quantitative estimate of drug-likeness (QED) is 0.903. The van der Waals surface area contributed by atoms with E-state index in [2.05, 4.69) is 29.3 Å². The van der Waals surface area contributed by atoms with Gasteiger partial charge in [-0.15, -0.1) is 0 Å². The van der Waals surface area contributed by atoms with Gasteiger partial charge < -0.3 is 10.2 Å². The highest BCUT2D eigenvalue weighted by molar-refractivity contribution is 6.31. The molecule has 1 aromatic rings. The van der Waals surface area contributed by atoms with Crippen molar-refractivity contribution in [1.82, 2.24) is 10.2 Å². The van der Waals surface area contributed by atoms with Crippen LogP contribution in [0.3, 0.4) is 0 Å². The average molecular weight is 265 g/mol. The molecule has 0 spiro atoms. The molecule has 0 aliphatic carbocycles. The number of benzene rings is 1. The van der Waals surface area contributed by atoms with E-state index in [1.54, 1.807) is 0 Å². The minimum atomic E-state index is 0.343. The zero-order valence-corrected chi connectivity index (χ0v) is 11.7. The van der Waals surface area contributed by atoms with Gasteiger partial charge in [0, 0.05) is 23.7 Å². The number of fused-ring (bicyclic) bond motifs is 2. The van der Waals surface area contributed by atoms with Crippen LogP contribution >= 0.6 is 11.6 Å². The maximum atomic E-state index is 6.27. The fourth-order valence-electron chi connectivity index (χ4n) is 3.41. The minimum absolute atomic E-state index is 0.343. The van der Waals surface area contributed by atoms with Crippen LogP contribution in [0.4, 0.5) is 0 Å². The molecule has 3 rings (SSSR count). The van der Waals surface area contributed by atoms with Crippen LogP contribution in [0.25, 0.3) is 0 Å². The molecule has 98 valence electrons. The van der Waals surface area contributed by atoms with Crippen LogP contribution < -0.4 is 5.32 Å². The molecule has 0 radical (unpaired) electrons. The molecule has 2 fully saturated rings. The highest BCUT2D eigenvalue weighted by atomic mass is 35.5. The molecule has 2 bridgehead atoms. The van der Waals surface area contributed by atoms with Crippen molar-refractivity contribution in [2.45, 2.75) is 31.8 Å². The van der Waals surface area contributed by atoms with Crippen LogP contribution in [-0.2, 0) is 0 Å². The molecule has 1 aromatic carbocycles. The Bertz CT molecular complexity index is 421. The van der Waals surface area contributed by atoms with Crippen molar-refractivity contribution in [2.75, 3.05) is 19.6 Å². The maximum Gasteiger partial charge on any atom is 0.0453 e. The summed E-state index contributed by atoms with van der Waals surface area (Å²) in [5.41, 5.74) is 1.22. The molecule has 2 saturated heterocycles. The standard InChI is InChI=1S/C15H21ClN2/c1-11(13-4-2-3-5-14(13)16)17-15-7-9-18-8-6-12(15)10-18/h2-5,11-12,15,17H,6-10H2,1H3. The second-order valence-electron chi connectivity index (χ2n) is 5.65. The molecule has 3 heteroatoms. The molecular weight excluding hydrogens is 244 g/mol. The van der Waals surface area contributed by atoms with Gasteiger partial charge in [-0.25, -0.2) is 0 Å². The van der Waals surface area contributed by atoms with Gasteiger partial charge in [0.2, 0.25) is 0 Å². The summed E-state index contributed by atoms with van der Waals surface area (Å²) in [6.45, 7) is 6.06. The fourth-order valence-corrected chi connectivity index (χ4v) is 3.71. The van der Waals surface area contributed by atoms with Gasteiger partial charge in [0.15, 0.2) is 0 Å². The molecule has 2 nitrogen and oxygen atoms in total. The van der Waals surface area contributed by atoms with Crippen molar-refractivity contribution >= 4 is 11.6 Å². The Morgan fingerprint density at radius 1 is 1.28 bits per heavy atom. The lowest BCUT2D eigenvalue weighted by Crippen LogP contribution is -2.44. The highest BCUT2D eigenvalue weighted by Crippen LogP contribution is 2.30. The van der Waals surface area contributed by atoms with Gasteiger partial charge in [-0.1, -0.05) is 29.8 Å². The molecule has 4 unspecified atom stereocenters. The van der Waals surface area contributed by atoms with E-state index in [9.17, 15) is 0 Å². The van der Waals surface area contributed by atoms with Gasteiger partial charge in [0.1, 0.15) is 0 Å². The van der Waals surface area contributed by atoms with Gasteiger partial charge in [0.25, 0.3) is 0 Å². The van der Waals surface area contributed by atoms with Crippen LogP contribution in [-0.4, -0.2) is 30.6 Å². The SMILES string of the molecule is CC(NC1CCN2CCC1C2)c1ccccc1Cl. The molecule has 1 N–H and O–H groups in total. The Morgan fingerprint density at radius 2 is 2.06 bits per heavy atom. The van der Waals surface area contributed by atoms with Crippen LogP contribution in [0, 0.1) is 5.92 Å². The van der Waals surface area contributed by atoms with E-state index in [0.29, 0.717) is 12.1 Å². The van der Waals surface area contributed by atoms with E-state index in [1.807, 2.05) is 12.1 Å². The lowest BCUT2D eigenvalue weighted by Gasteiger charge is -2.33. The van der Waals surface area contributed by atoms with Crippen molar-refractivity contribution in [3.63, 3.8) is 0 Å². The lowest BCUT2D eigenvalue weighted by molar-refractivity contribution is 0.212. The molecule has 2 aliphatic heterocycles. The topological polar surface area (TPSA) is 15.3 Å². The smallest absolute Gasteiger partial charge is 0.0453 e. The van der Waals surface area contributed by atoms with E-state index in [0.717, 1.165) is 10.9 Å². The van der Waals surface area contributed by atoms with E-state index in [1.165, 1.54) is 38.0 Å². The molecule has 0 saturated carbocycles. The van der Waals surface area contributed by atoms with E-state index >= 15 is 0 Å². The van der Waals surface area contributed by atoms with E-state index in [-0.39, 0.29) is 0 Å². The second-order valence-corrected chi connectivity index (χ2v) is 6.06. The molecule has 0 amide bonds. The first kappa shape index (κ1) is 12.5. The predicted octanol–water partition coefficient (Wildman–Crippen LogP) is 3.08. The third-order valence-electron chi connectivity index (χ3n) is 4.47. The first-order valence-corrected chi connectivity index (χ1v) is 7.34. The summed E-state index contributed by atoms with van der Waals surface area (Å²) >= 11 is 6.27. The third kappa shape index (κ3) is 2.42. The summed E-state index contributed by atoms with van der Waals surface area (Å²) in [6.07, 6.45) is 2.63. The Morgan fingerprint density at radius 3 is 2.89 bits per heavy atom. The monoisotopic (exact) mass is 264 g/mol.